The number of aliphatic hydroxyl groups is 1. The summed E-state index contributed by atoms with van der Waals surface area (Å²) in [6, 6.07) is 9.97. The number of benzene rings is 1. The average Bonchev–Trinajstić information content (AvgIpc) is 3.10. The highest BCUT2D eigenvalue weighted by molar-refractivity contribution is 5.78. The number of carbonyl (C=O) groups is 1. The fourth-order valence-electron chi connectivity index (χ4n) is 3.15. The van der Waals surface area contributed by atoms with E-state index in [1.807, 2.05) is 53.8 Å². The maximum absolute atomic E-state index is 12.1. The number of aromatic nitrogens is 2. The van der Waals surface area contributed by atoms with Gasteiger partial charge in [0.25, 0.3) is 0 Å². The van der Waals surface area contributed by atoms with Crippen LogP contribution in [-0.2, 0) is 11.3 Å². The second-order valence-electron chi connectivity index (χ2n) is 6.35. The van der Waals surface area contributed by atoms with E-state index in [0.29, 0.717) is 19.6 Å². The third kappa shape index (κ3) is 3.66. The molecule has 1 aromatic heterocycles. The zero-order valence-corrected chi connectivity index (χ0v) is 14.2. The second kappa shape index (κ2) is 7.15. The van der Waals surface area contributed by atoms with Gasteiger partial charge in [-0.15, -0.1) is 0 Å². The number of β-amino-alcohol motifs (C(OH)–C–C–N with tert-alkyl or cyclic N) is 1. The van der Waals surface area contributed by atoms with Gasteiger partial charge in [-0.25, -0.2) is 4.68 Å². The van der Waals surface area contributed by atoms with Crippen LogP contribution in [0.3, 0.4) is 0 Å². The molecule has 2 N–H and O–H groups in total. The summed E-state index contributed by atoms with van der Waals surface area (Å²) in [6.45, 7) is 6.15. The van der Waals surface area contributed by atoms with Gasteiger partial charge >= 0.3 is 0 Å². The van der Waals surface area contributed by atoms with E-state index in [-0.39, 0.29) is 12.0 Å². The van der Waals surface area contributed by atoms with Crippen molar-refractivity contribution in [3.63, 3.8) is 0 Å². The molecule has 128 valence electrons. The van der Waals surface area contributed by atoms with Crippen LogP contribution in [0.5, 0.6) is 0 Å². The van der Waals surface area contributed by atoms with Crippen LogP contribution in [-0.4, -0.2) is 51.4 Å². The molecule has 1 amide bonds. The lowest BCUT2D eigenvalue weighted by atomic mass is 10.2. The number of amides is 1. The standard InChI is InChI=1S/C18H24N4O2/c1-13-17(10-19-18(24)12-21-9-8-16(23)11-21)14(2)22(20-13)15-6-4-3-5-7-15/h3-7,16,23H,8-12H2,1-2H3,(H,19,24)/t16-/m0/s1. The lowest BCUT2D eigenvalue weighted by molar-refractivity contribution is -0.122. The van der Waals surface area contributed by atoms with Crippen LogP contribution in [0.1, 0.15) is 23.4 Å². The summed E-state index contributed by atoms with van der Waals surface area (Å²) in [5, 5.41) is 17.1. The van der Waals surface area contributed by atoms with Gasteiger partial charge in [0.05, 0.1) is 24.0 Å². The van der Waals surface area contributed by atoms with E-state index in [1.54, 1.807) is 0 Å². The quantitative estimate of drug-likeness (QED) is 0.864. The lowest BCUT2D eigenvalue weighted by Gasteiger charge is -2.14. The van der Waals surface area contributed by atoms with Crippen molar-refractivity contribution in [1.82, 2.24) is 20.0 Å². The monoisotopic (exact) mass is 328 g/mol. The van der Waals surface area contributed by atoms with Crippen molar-refractivity contribution >= 4 is 5.91 Å². The number of aliphatic hydroxyl groups excluding tert-OH is 1. The third-order valence-electron chi connectivity index (χ3n) is 4.52. The van der Waals surface area contributed by atoms with Crippen LogP contribution < -0.4 is 5.32 Å². The largest absolute Gasteiger partial charge is 0.392 e. The van der Waals surface area contributed by atoms with E-state index >= 15 is 0 Å². The number of nitrogens with zero attached hydrogens (tertiary/aromatic N) is 3. The topological polar surface area (TPSA) is 70.4 Å². The molecule has 0 radical (unpaired) electrons. The summed E-state index contributed by atoms with van der Waals surface area (Å²) in [5.41, 5.74) is 4.03. The molecule has 6 nitrogen and oxygen atoms in total. The SMILES string of the molecule is Cc1nn(-c2ccccc2)c(C)c1CNC(=O)CN1CC[C@H](O)C1. The molecule has 2 aromatic rings. The van der Waals surface area contributed by atoms with Crippen LogP contribution in [0.25, 0.3) is 5.69 Å². The lowest BCUT2D eigenvalue weighted by Crippen LogP contribution is -2.36. The van der Waals surface area contributed by atoms with E-state index < -0.39 is 0 Å². The predicted octanol–water partition coefficient (Wildman–Crippen LogP) is 1.17. The minimum absolute atomic E-state index is 0.0182. The van der Waals surface area contributed by atoms with Crippen molar-refractivity contribution in [1.29, 1.82) is 0 Å². The van der Waals surface area contributed by atoms with Crippen molar-refractivity contribution < 1.29 is 9.90 Å². The Morgan fingerprint density at radius 3 is 2.75 bits per heavy atom. The Kier molecular flexibility index (Phi) is 4.97. The molecule has 24 heavy (non-hydrogen) atoms. The molecular formula is C18H24N4O2. The van der Waals surface area contributed by atoms with E-state index in [4.69, 9.17) is 0 Å². The van der Waals surface area contributed by atoms with E-state index in [2.05, 4.69) is 10.4 Å². The van der Waals surface area contributed by atoms with Gasteiger partial charge in [-0.2, -0.15) is 5.10 Å². The first-order valence-corrected chi connectivity index (χ1v) is 8.32. The molecule has 1 aliphatic heterocycles. The Bertz CT molecular complexity index is 711. The zero-order valence-electron chi connectivity index (χ0n) is 14.2. The van der Waals surface area contributed by atoms with E-state index in [0.717, 1.165) is 35.6 Å². The molecule has 0 bridgehead atoms. The number of para-hydroxylation sites is 1. The van der Waals surface area contributed by atoms with Gasteiger partial charge in [0.2, 0.25) is 5.91 Å². The molecule has 1 atom stereocenters. The minimum atomic E-state index is -0.300. The Balaban J connectivity index is 1.63. The first-order chi connectivity index (χ1) is 11.5. The fourth-order valence-corrected chi connectivity index (χ4v) is 3.15. The Morgan fingerprint density at radius 1 is 1.33 bits per heavy atom. The maximum Gasteiger partial charge on any atom is 0.234 e. The second-order valence-corrected chi connectivity index (χ2v) is 6.35. The first kappa shape index (κ1) is 16.7. The number of aryl methyl sites for hydroxylation is 1. The van der Waals surface area contributed by atoms with Crippen LogP contribution >= 0.6 is 0 Å². The molecule has 0 spiro atoms. The Hall–Kier alpha value is -2.18. The highest BCUT2D eigenvalue weighted by Gasteiger charge is 2.22. The summed E-state index contributed by atoms with van der Waals surface area (Å²) in [5.74, 6) is -0.0182. The summed E-state index contributed by atoms with van der Waals surface area (Å²) >= 11 is 0. The predicted molar refractivity (Wildman–Crippen MR) is 91.9 cm³/mol. The molecular weight excluding hydrogens is 304 g/mol. The molecule has 1 aliphatic rings. The van der Waals surface area contributed by atoms with Gasteiger partial charge < -0.3 is 10.4 Å². The van der Waals surface area contributed by atoms with Crippen molar-refractivity contribution in [3.05, 3.63) is 47.3 Å². The van der Waals surface area contributed by atoms with E-state index in [1.165, 1.54) is 0 Å². The molecule has 1 fully saturated rings. The van der Waals surface area contributed by atoms with Gasteiger partial charge in [-0.1, -0.05) is 18.2 Å². The highest BCUT2D eigenvalue weighted by atomic mass is 16.3. The van der Waals surface area contributed by atoms with Crippen molar-refractivity contribution in [2.24, 2.45) is 0 Å². The average molecular weight is 328 g/mol. The normalized spacial score (nSPS) is 18.0. The number of hydrogen-bond donors (Lipinski definition) is 2. The molecule has 0 unspecified atom stereocenters. The number of hydrogen-bond acceptors (Lipinski definition) is 4. The number of likely N-dealkylation sites (tertiary alicyclic amines) is 1. The fraction of sp³-hybridized carbons (Fsp3) is 0.444. The molecule has 0 saturated carbocycles. The Labute approximate surface area is 142 Å². The van der Waals surface area contributed by atoms with Gasteiger partial charge in [0.1, 0.15) is 0 Å². The zero-order chi connectivity index (χ0) is 17.1. The molecule has 6 heteroatoms. The minimum Gasteiger partial charge on any atom is -0.392 e. The summed E-state index contributed by atoms with van der Waals surface area (Å²) in [7, 11) is 0. The molecule has 1 saturated heterocycles. The van der Waals surface area contributed by atoms with Crippen LogP contribution in [0, 0.1) is 13.8 Å². The van der Waals surface area contributed by atoms with Gasteiger partial charge in [-0.05, 0) is 32.4 Å². The van der Waals surface area contributed by atoms with Crippen molar-refractivity contribution in [2.75, 3.05) is 19.6 Å². The molecule has 2 heterocycles. The van der Waals surface area contributed by atoms with Crippen molar-refractivity contribution in [3.8, 4) is 5.69 Å². The van der Waals surface area contributed by atoms with Gasteiger partial charge in [0, 0.05) is 30.9 Å². The number of carbonyl (C=O) groups excluding carboxylic acids is 1. The first-order valence-electron chi connectivity index (χ1n) is 8.32. The van der Waals surface area contributed by atoms with Crippen LogP contribution in [0.15, 0.2) is 30.3 Å². The van der Waals surface area contributed by atoms with Crippen LogP contribution in [0.4, 0.5) is 0 Å². The molecule has 0 aliphatic carbocycles. The summed E-state index contributed by atoms with van der Waals surface area (Å²) < 4.78 is 1.91. The van der Waals surface area contributed by atoms with E-state index in [9.17, 15) is 9.90 Å². The smallest absolute Gasteiger partial charge is 0.234 e. The van der Waals surface area contributed by atoms with Crippen LogP contribution in [0.2, 0.25) is 0 Å². The summed E-state index contributed by atoms with van der Waals surface area (Å²) in [4.78, 5) is 14.1. The number of nitrogens with one attached hydrogen (secondary N) is 1. The number of rotatable bonds is 5. The maximum atomic E-state index is 12.1. The molecule has 3 rings (SSSR count). The van der Waals surface area contributed by atoms with Crippen molar-refractivity contribution in [2.45, 2.75) is 32.9 Å². The van der Waals surface area contributed by atoms with Gasteiger partial charge in [0.15, 0.2) is 0 Å². The van der Waals surface area contributed by atoms with Gasteiger partial charge in [-0.3, -0.25) is 9.69 Å². The third-order valence-corrected chi connectivity index (χ3v) is 4.52. The summed E-state index contributed by atoms with van der Waals surface area (Å²) in [6.07, 6.45) is 0.446. The molecule has 1 aromatic carbocycles. The Morgan fingerprint density at radius 2 is 2.08 bits per heavy atom. The highest BCUT2D eigenvalue weighted by Crippen LogP contribution is 2.17.